The molecule has 21 heavy (non-hydrogen) atoms. The van der Waals surface area contributed by atoms with E-state index in [-0.39, 0.29) is 0 Å². The van der Waals surface area contributed by atoms with Gasteiger partial charge in [0.25, 0.3) is 0 Å². The summed E-state index contributed by atoms with van der Waals surface area (Å²) in [6.45, 7) is 7.05. The Kier molecular flexibility index (Phi) is 9.45. The molecule has 0 aromatic carbocycles. The van der Waals surface area contributed by atoms with E-state index in [4.69, 9.17) is 10.2 Å². The van der Waals surface area contributed by atoms with E-state index in [1.54, 1.807) is 27.7 Å². The van der Waals surface area contributed by atoms with Crippen LogP contribution in [-0.4, -0.2) is 38.7 Å². The largest absolute Gasteiger partial charge is 0.481 e. The summed E-state index contributed by atoms with van der Waals surface area (Å²) in [7, 11) is 0. The Morgan fingerprint density at radius 3 is 1.43 bits per heavy atom. The average Bonchev–Trinajstić information content (AvgIpc) is 2.36. The summed E-state index contributed by atoms with van der Waals surface area (Å²) in [6.07, 6.45) is 3.23. The predicted octanol–water partition coefficient (Wildman–Crippen LogP) is 4.19. The minimum Gasteiger partial charge on any atom is -0.481 e. The van der Waals surface area contributed by atoms with Gasteiger partial charge in [-0.3, -0.25) is 9.59 Å². The summed E-state index contributed by atoms with van der Waals surface area (Å²) in [5.41, 5.74) is -1.26. The SMILES string of the molecule is CC(C)(CCCSCSCCCC(C)(C)C(=O)O)C(=O)O. The molecule has 0 rings (SSSR count). The Labute approximate surface area is 136 Å². The van der Waals surface area contributed by atoms with Crippen LogP contribution in [0.3, 0.4) is 0 Å². The molecule has 0 aliphatic heterocycles. The standard InChI is InChI=1S/C15H28O4S2/c1-14(2,12(16)17)7-5-9-20-11-21-10-6-8-15(3,4)13(18)19/h5-11H2,1-4H3,(H,16,17)(H,18,19). The third kappa shape index (κ3) is 9.30. The van der Waals surface area contributed by atoms with Crippen LogP contribution < -0.4 is 0 Å². The monoisotopic (exact) mass is 336 g/mol. The van der Waals surface area contributed by atoms with Gasteiger partial charge in [0.2, 0.25) is 0 Å². The highest BCUT2D eigenvalue weighted by Gasteiger charge is 2.26. The lowest BCUT2D eigenvalue weighted by atomic mass is 9.88. The smallest absolute Gasteiger partial charge is 0.309 e. The number of carbonyl (C=O) groups is 2. The number of carboxylic acids is 2. The molecule has 0 heterocycles. The lowest BCUT2D eigenvalue weighted by Crippen LogP contribution is -2.23. The van der Waals surface area contributed by atoms with Gasteiger partial charge in [-0.1, -0.05) is 0 Å². The van der Waals surface area contributed by atoms with Crippen molar-refractivity contribution in [1.82, 2.24) is 0 Å². The zero-order valence-electron chi connectivity index (χ0n) is 13.5. The van der Waals surface area contributed by atoms with Gasteiger partial charge >= 0.3 is 11.9 Å². The van der Waals surface area contributed by atoms with Crippen molar-refractivity contribution in [3.8, 4) is 0 Å². The summed E-state index contributed by atoms with van der Waals surface area (Å²) in [6, 6.07) is 0. The van der Waals surface area contributed by atoms with Crippen LogP contribution in [0.1, 0.15) is 53.4 Å². The molecular formula is C15H28O4S2. The molecule has 0 aliphatic carbocycles. The number of hydrogen-bond donors (Lipinski definition) is 2. The molecule has 0 radical (unpaired) electrons. The summed E-state index contributed by atoms with van der Waals surface area (Å²) in [4.78, 5) is 21.9. The zero-order valence-corrected chi connectivity index (χ0v) is 15.1. The first-order chi connectivity index (χ1) is 9.59. The minimum atomic E-state index is -0.733. The lowest BCUT2D eigenvalue weighted by molar-refractivity contribution is -0.148. The van der Waals surface area contributed by atoms with E-state index in [0.717, 1.165) is 29.4 Å². The molecule has 0 bridgehead atoms. The molecule has 0 saturated carbocycles. The summed E-state index contributed by atoms with van der Waals surface area (Å²) >= 11 is 3.65. The van der Waals surface area contributed by atoms with E-state index in [1.807, 2.05) is 23.5 Å². The minimum absolute atomic E-state index is 0.629. The van der Waals surface area contributed by atoms with Gasteiger partial charge in [-0.05, 0) is 64.9 Å². The maximum atomic E-state index is 10.9. The van der Waals surface area contributed by atoms with E-state index in [2.05, 4.69) is 0 Å². The topological polar surface area (TPSA) is 74.6 Å². The maximum Gasteiger partial charge on any atom is 0.309 e. The zero-order chi connectivity index (χ0) is 16.5. The molecule has 0 aromatic heterocycles. The lowest BCUT2D eigenvalue weighted by Gasteiger charge is -2.18. The first-order valence-electron chi connectivity index (χ1n) is 7.22. The fraction of sp³-hybridized carbons (Fsp3) is 0.867. The van der Waals surface area contributed by atoms with Crippen molar-refractivity contribution in [3.05, 3.63) is 0 Å². The van der Waals surface area contributed by atoms with E-state index < -0.39 is 22.8 Å². The van der Waals surface area contributed by atoms with Gasteiger partial charge in [-0.2, -0.15) is 23.5 Å². The Bertz CT molecular complexity index is 309. The summed E-state index contributed by atoms with van der Waals surface area (Å²) < 4.78 is 0. The van der Waals surface area contributed by atoms with Gasteiger partial charge in [0.1, 0.15) is 0 Å². The molecule has 0 aliphatic rings. The number of rotatable bonds is 12. The maximum absolute atomic E-state index is 10.9. The predicted molar refractivity (Wildman–Crippen MR) is 91.1 cm³/mol. The fourth-order valence-corrected chi connectivity index (χ4v) is 3.73. The van der Waals surface area contributed by atoms with Crippen LogP contribution in [0.15, 0.2) is 0 Å². The van der Waals surface area contributed by atoms with Crippen molar-refractivity contribution in [2.45, 2.75) is 53.4 Å². The molecule has 0 unspecified atom stereocenters. The van der Waals surface area contributed by atoms with Gasteiger partial charge in [-0.25, -0.2) is 0 Å². The Morgan fingerprint density at radius 1 is 0.810 bits per heavy atom. The van der Waals surface area contributed by atoms with E-state index in [1.165, 1.54) is 0 Å². The van der Waals surface area contributed by atoms with Crippen LogP contribution >= 0.6 is 23.5 Å². The number of thioether (sulfide) groups is 2. The summed E-state index contributed by atoms with van der Waals surface area (Å²) in [5.74, 6) is 0.486. The second kappa shape index (κ2) is 9.62. The Morgan fingerprint density at radius 2 is 1.14 bits per heavy atom. The van der Waals surface area contributed by atoms with Crippen molar-refractivity contribution in [1.29, 1.82) is 0 Å². The van der Waals surface area contributed by atoms with Crippen LogP contribution in [0.25, 0.3) is 0 Å². The van der Waals surface area contributed by atoms with Gasteiger partial charge in [0, 0.05) is 5.08 Å². The first-order valence-corrected chi connectivity index (χ1v) is 9.53. The van der Waals surface area contributed by atoms with Gasteiger partial charge in [0.15, 0.2) is 0 Å². The van der Waals surface area contributed by atoms with Gasteiger partial charge in [-0.15, -0.1) is 0 Å². The van der Waals surface area contributed by atoms with Crippen LogP contribution in [0.5, 0.6) is 0 Å². The van der Waals surface area contributed by atoms with E-state index in [9.17, 15) is 9.59 Å². The molecule has 0 spiro atoms. The van der Waals surface area contributed by atoms with E-state index in [0.29, 0.717) is 12.8 Å². The molecule has 4 nitrogen and oxygen atoms in total. The number of aliphatic carboxylic acids is 2. The van der Waals surface area contributed by atoms with Crippen LogP contribution in [0, 0.1) is 10.8 Å². The third-order valence-electron chi connectivity index (χ3n) is 3.51. The normalized spacial score (nSPS) is 12.4. The molecule has 0 aromatic rings. The molecule has 2 N–H and O–H groups in total. The molecule has 0 fully saturated rings. The first kappa shape index (κ1) is 20.6. The number of carboxylic acid groups (broad SMARTS) is 2. The molecule has 124 valence electrons. The third-order valence-corrected chi connectivity index (χ3v) is 5.99. The van der Waals surface area contributed by atoms with Gasteiger partial charge in [0.05, 0.1) is 10.8 Å². The quantitative estimate of drug-likeness (QED) is 0.411. The highest BCUT2D eigenvalue weighted by Crippen LogP contribution is 2.26. The molecule has 0 atom stereocenters. The Hall–Kier alpha value is -0.360. The second-order valence-electron chi connectivity index (χ2n) is 6.52. The molecule has 6 heteroatoms. The highest BCUT2D eigenvalue weighted by molar-refractivity contribution is 8.15. The molecule has 0 amide bonds. The molecule has 0 saturated heterocycles. The van der Waals surface area contributed by atoms with Crippen LogP contribution in [-0.2, 0) is 9.59 Å². The second-order valence-corrected chi connectivity index (χ2v) is 9.10. The van der Waals surface area contributed by atoms with Crippen LogP contribution in [0.4, 0.5) is 0 Å². The van der Waals surface area contributed by atoms with Crippen molar-refractivity contribution in [2.24, 2.45) is 10.8 Å². The fourth-order valence-electron chi connectivity index (χ4n) is 1.62. The average molecular weight is 337 g/mol. The Balaban J connectivity index is 3.50. The van der Waals surface area contributed by atoms with Crippen molar-refractivity contribution < 1.29 is 19.8 Å². The van der Waals surface area contributed by atoms with Crippen LogP contribution in [0.2, 0.25) is 0 Å². The van der Waals surface area contributed by atoms with E-state index >= 15 is 0 Å². The molecular weight excluding hydrogens is 308 g/mol. The summed E-state index contributed by atoms with van der Waals surface area (Å²) in [5, 5.41) is 19.0. The van der Waals surface area contributed by atoms with Gasteiger partial charge < -0.3 is 10.2 Å². The van der Waals surface area contributed by atoms with Crippen molar-refractivity contribution >= 4 is 35.5 Å². The highest BCUT2D eigenvalue weighted by atomic mass is 32.2. The number of hydrogen-bond acceptors (Lipinski definition) is 4. The van der Waals surface area contributed by atoms with Crippen molar-refractivity contribution in [2.75, 3.05) is 16.6 Å². The van der Waals surface area contributed by atoms with Crippen molar-refractivity contribution in [3.63, 3.8) is 0 Å².